The smallest absolute Gasteiger partial charge is 0.118 e. The van der Waals surface area contributed by atoms with Crippen LogP contribution in [0.15, 0.2) is 30.3 Å². The Morgan fingerprint density at radius 2 is 2.06 bits per heavy atom. The summed E-state index contributed by atoms with van der Waals surface area (Å²) in [5.74, 6) is 0.856. The van der Waals surface area contributed by atoms with Crippen LogP contribution in [0.3, 0.4) is 0 Å². The lowest BCUT2D eigenvalue weighted by atomic mass is 10.1. The van der Waals surface area contributed by atoms with Gasteiger partial charge in [-0.2, -0.15) is 5.10 Å². The van der Waals surface area contributed by atoms with Gasteiger partial charge in [0, 0.05) is 17.8 Å². The largest absolute Gasteiger partial charge is 0.497 e. The predicted molar refractivity (Wildman–Crippen MR) is 63.3 cm³/mol. The monoisotopic (exact) mass is 217 g/mol. The molecule has 0 saturated heterocycles. The number of aromatic amines is 1. The van der Waals surface area contributed by atoms with Crippen molar-refractivity contribution in [1.29, 1.82) is 0 Å². The Morgan fingerprint density at radius 1 is 1.31 bits per heavy atom. The number of methoxy groups -OCH3 is 1. The van der Waals surface area contributed by atoms with E-state index in [0.717, 1.165) is 29.2 Å². The van der Waals surface area contributed by atoms with Gasteiger partial charge in [0.15, 0.2) is 0 Å². The number of nitrogens with one attached hydrogen (secondary N) is 2. The van der Waals surface area contributed by atoms with E-state index < -0.39 is 0 Å². The van der Waals surface area contributed by atoms with Gasteiger partial charge < -0.3 is 10.1 Å². The molecule has 4 nitrogen and oxygen atoms in total. The first-order valence-electron chi connectivity index (χ1n) is 5.17. The van der Waals surface area contributed by atoms with Gasteiger partial charge in [0.1, 0.15) is 5.75 Å². The van der Waals surface area contributed by atoms with E-state index in [-0.39, 0.29) is 0 Å². The molecule has 2 rings (SSSR count). The zero-order valence-corrected chi connectivity index (χ0v) is 9.45. The summed E-state index contributed by atoms with van der Waals surface area (Å²) in [5, 5.41) is 10.3. The second-order valence-electron chi connectivity index (χ2n) is 3.54. The molecule has 0 fully saturated rings. The highest BCUT2D eigenvalue weighted by Crippen LogP contribution is 2.20. The molecule has 0 aliphatic heterocycles. The second-order valence-corrected chi connectivity index (χ2v) is 3.54. The lowest BCUT2D eigenvalue weighted by Gasteiger charge is -1.99. The zero-order chi connectivity index (χ0) is 11.4. The molecule has 0 atom stereocenters. The third-order valence-corrected chi connectivity index (χ3v) is 2.38. The number of hydrogen-bond donors (Lipinski definition) is 2. The average Bonchev–Trinajstić information content (AvgIpc) is 2.78. The fourth-order valence-corrected chi connectivity index (χ4v) is 1.55. The molecule has 1 aromatic heterocycles. The molecule has 4 heteroatoms. The second kappa shape index (κ2) is 4.81. The van der Waals surface area contributed by atoms with E-state index >= 15 is 0 Å². The van der Waals surface area contributed by atoms with E-state index in [2.05, 4.69) is 15.5 Å². The fraction of sp³-hybridized carbons (Fsp3) is 0.250. The van der Waals surface area contributed by atoms with E-state index in [1.54, 1.807) is 7.11 Å². The van der Waals surface area contributed by atoms with E-state index in [1.165, 1.54) is 0 Å². The maximum absolute atomic E-state index is 5.11. The van der Waals surface area contributed by atoms with Crippen LogP contribution < -0.4 is 10.1 Å². The molecule has 16 heavy (non-hydrogen) atoms. The van der Waals surface area contributed by atoms with Crippen LogP contribution in [0.25, 0.3) is 11.3 Å². The topological polar surface area (TPSA) is 49.9 Å². The highest BCUT2D eigenvalue weighted by atomic mass is 16.5. The summed E-state index contributed by atoms with van der Waals surface area (Å²) in [6.45, 7) is 0.795. The summed E-state index contributed by atoms with van der Waals surface area (Å²) < 4.78 is 5.11. The van der Waals surface area contributed by atoms with Crippen LogP contribution in [0.4, 0.5) is 0 Å². The van der Waals surface area contributed by atoms with Crippen molar-refractivity contribution < 1.29 is 4.74 Å². The van der Waals surface area contributed by atoms with Crippen molar-refractivity contribution in [2.45, 2.75) is 6.54 Å². The third-order valence-electron chi connectivity index (χ3n) is 2.38. The van der Waals surface area contributed by atoms with Crippen LogP contribution in [-0.2, 0) is 6.54 Å². The summed E-state index contributed by atoms with van der Waals surface area (Å²) in [6.07, 6.45) is 0. The highest BCUT2D eigenvalue weighted by molar-refractivity contribution is 5.60. The van der Waals surface area contributed by atoms with E-state index in [1.807, 2.05) is 37.4 Å². The molecule has 0 aliphatic carbocycles. The summed E-state index contributed by atoms with van der Waals surface area (Å²) >= 11 is 0. The molecule has 0 unspecified atom stereocenters. The Hall–Kier alpha value is -1.81. The minimum atomic E-state index is 0.795. The number of ether oxygens (including phenoxy) is 1. The van der Waals surface area contributed by atoms with Gasteiger partial charge in [-0.15, -0.1) is 0 Å². The van der Waals surface area contributed by atoms with Gasteiger partial charge in [-0.25, -0.2) is 0 Å². The van der Waals surface area contributed by atoms with Crippen LogP contribution in [-0.4, -0.2) is 24.4 Å². The number of hydrogen-bond acceptors (Lipinski definition) is 3. The van der Waals surface area contributed by atoms with Gasteiger partial charge in [0.2, 0.25) is 0 Å². The van der Waals surface area contributed by atoms with Crippen LogP contribution in [0.1, 0.15) is 5.69 Å². The molecule has 0 spiro atoms. The lowest BCUT2D eigenvalue weighted by Crippen LogP contribution is -2.04. The van der Waals surface area contributed by atoms with Crippen molar-refractivity contribution in [3.05, 3.63) is 36.0 Å². The molecule has 2 N–H and O–H groups in total. The number of H-pyrrole nitrogens is 1. The van der Waals surface area contributed by atoms with Crippen LogP contribution in [0.2, 0.25) is 0 Å². The minimum absolute atomic E-state index is 0.795. The Kier molecular flexibility index (Phi) is 3.22. The van der Waals surface area contributed by atoms with Crippen molar-refractivity contribution in [3.63, 3.8) is 0 Å². The Labute approximate surface area is 94.6 Å². The molecular formula is C12H15N3O. The third kappa shape index (κ3) is 2.23. The summed E-state index contributed by atoms with van der Waals surface area (Å²) in [4.78, 5) is 0. The average molecular weight is 217 g/mol. The predicted octanol–water partition coefficient (Wildman–Crippen LogP) is 1.80. The summed E-state index contributed by atoms with van der Waals surface area (Å²) in [5.41, 5.74) is 3.11. The van der Waals surface area contributed by atoms with Gasteiger partial charge in [-0.1, -0.05) is 0 Å². The molecule has 0 amide bonds. The number of rotatable bonds is 4. The molecule has 84 valence electrons. The first kappa shape index (κ1) is 10.7. The Morgan fingerprint density at radius 3 is 2.69 bits per heavy atom. The molecule has 0 radical (unpaired) electrons. The summed E-state index contributed by atoms with van der Waals surface area (Å²) in [7, 11) is 3.57. The van der Waals surface area contributed by atoms with Crippen molar-refractivity contribution in [1.82, 2.24) is 15.5 Å². The molecule has 0 aliphatic rings. The standard InChI is InChI=1S/C12H15N3O/c1-13-8-10-7-12(15-14-10)9-3-5-11(16-2)6-4-9/h3-7,13H,8H2,1-2H3,(H,14,15). The van der Waals surface area contributed by atoms with Crippen molar-refractivity contribution in [3.8, 4) is 17.0 Å². The molecule has 2 aromatic rings. The first-order chi connectivity index (χ1) is 7.83. The normalized spacial score (nSPS) is 10.4. The fourth-order valence-electron chi connectivity index (χ4n) is 1.55. The molecule has 0 bridgehead atoms. The van der Waals surface area contributed by atoms with Gasteiger partial charge >= 0.3 is 0 Å². The molecule has 1 heterocycles. The van der Waals surface area contributed by atoms with Gasteiger partial charge in [0.05, 0.1) is 12.8 Å². The summed E-state index contributed by atoms with van der Waals surface area (Å²) in [6, 6.07) is 9.90. The van der Waals surface area contributed by atoms with Crippen LogP contribution in [0.5, 0.6) is 5.75 Å². The molecule has 0 saturated carbocycles. The van der Waals surface area contributed by atoms with Crippen molar-refractivity contribution in [2.75, 3.05) is 14.2 Å². The van der Waals surface area contributed by atoms with E-state index in [0.29, 0.717) is 0 Å². The number of benzene rings is 1. The Balaban J connectivity index is 2.21. The van der Waals surface area contributed by atoms with E-state index in [9.17, 15) is 0 Å². The lowest BCUT2D eigenvalue weighted by molar-refractivity contribution is 0.415. The quantitative estimate of drug-likeness (QED) is 0.821. The van der Waals surface area contributed by atoms with E-state index in [4.69, 9.17) is 4.74 Å². The molecular weight excluding hydrogens is 202 g/mol. The van der Waals surface area contributed by atoms with Crippen LogP contribution >= 0.6 is 0 Å². The SMILES string of the molecule is CNCc1cc(-c2ccc(OC)cc2)n[nH]1. The number of aromatic nitrogens is 2. The zero-order valence-electron chi connectivity index (χ0n) is 9.45. The molecule has 1 aromatic carbocycles. The van der Waals surface area contributed by atoms with Crippen LogP contribution in [0, 0.1) is 0 Å². The van der Waals surface area contributed by atoms with Gasteiger partial charge in [0.25, 0.3) is 0 Å². The van der Waals surface area contributed by atoms with Gasteiger partial charge in [-0.05, 0) is 37.4 Å². The maximum Gasteiger partial charge on any atom is 0.118 e. The highest BCUT2D eigenvalue weighted by Gasteiger charge is 2.03. The van der Waals surface area contributed by atoms with Crippen molar-refractivity contribution >= 4 is 0 Å². The Bertz CT molecular complexity index is 448. The number of nitrogens with zero attached hydrogens (tertiary/aromatic N) is 1. The first-order valence-corrected chi connectivity index (χ1v) is 5.17. The minimum Gasteiger partial charge on any atom is -0.497 e. The van der Waals surface area contributed by atoms with Crippen molar-refractivity contribution in [2.24, 2.45) is 0 Å². The van der Waals surface area contributed by atoms with Gasteiger partial charge in [-0.3, -0.25) is 5.10 Å². The maximum atomic E-state index is 5.11.